The Morgan fingerprint density at radius 1 is 1.17 bits per heavy atom. The lowest BCUT2D eigenvalue weighted by atomic mass is 10.2. The first kappa shape index (κ1) is 20.6. The van der Waals surface area contributed by atoms with Crippen molar-refractivity contribution in [1.82, 2.24) is 5.32 Å². The van der Waals surface area contributed by atoms with Crippen molar-refractivity contribution in [3.8, 4) is 11.5 Å². The quantitative estimate of drug-likeness (QED) is 0.372. The van der Waals surface area contributed by atoms with Crippen LogP contribution in [-0.4, -0.2) is 33.3 Å². The number of guanidine groups is 1. The van der Waals surface area contributed by atoms with Crippen LogP contribution >= 0.6 is 35.3 Å². The lowest BCUT2D eigenvalue weighted by Crippen LogP contribution is -2.30. The highest BCUT2D eigenvalue weighted by atomic mass is 127. The van der Waals surface area contributed by atoms with Gasteiger partial charge in [-0.25, -0.2) is 0 Å². The van der Waals surface area contributed by atoms with Gasteiger partial charge >= 0.3 is 0 Å². The molecule has 0 aliphatic carbocycles. The zero-order chi connectivity index (χ0) is 16.5. The van der Waals surface area contributed by atoms with Crippen LogP contribution in [0.15, 0.2) is 40.7 Å². The van der Waals surface area contributed by atoms with Gasteiger partial charge in [0.1, 0.15) is 0 Å². The molecular weight excluding hydrogens is 437 g/mol. The van der Waals surface area contributed by atoms with Crippen molar-refractivity contribution in [2.45, 2.75) is 13.3 Å². The van der Waals surface area contributed by atoms with Gasteiger partial charge in [-0.05, 0) is 30.5 Å². The van der Waals surface area contributed by atoms with Gasteiger partial charge in [-0.3, -0.25) is 4.99 Å². The van der Waals surface area contributed by atoms with Gasteiger partial charge in [-0.15, -0.1) is 35.3 Å². The van der Waals surface area contributed by atoms with Gasteiger partial charge in [0.25, 0.3) is 0 Å². The molecule has 1 heterocycles. The van der Waals surface area contributed by atoms with E-state index in [4.69, 9.17) is 9.47 Å². The molecule has 1 aromatic heterocycles. The van der Waals surface area contributed by atoms with Crippen molar-refractivity contribution in [3.63, 3.8) is 0 Å². The number of aliphatic imine (C=N–C) groups is 1. The molecule has 0 amide bonds. The van der Waals surface area contributed by atoms with Crippen molar-refractivity contribution >= 4 is 47.0 Å². The zero-order valence-electron chi connectivity index (χ0n) is 14.2. The van der Waals surface area contributed by atoms with Crippen LogP contribution < -0.4 is 20.1 Å². The molecule has 0 aliphatic heterocycles. The van der Waals surface area contributed by atoms with Crippen LogP contribution in [0.2, 0.25) is 0 Å². The fraction of sp³-hybridized carbons (Fsp3) is 0.353. The molecule has 2 rings (SSSR count). The summed E-state index contributed by atoms with van der Waals surface area (Å²) in [6, 6.07) is 9.90. The number of hydrogen-bond acceptors (Lipinski definition) is 4. The normalized spacial score (nSPS) is 10.7. The van der Waals surface area contributed by atoms with Crippen LogP contribution in [0.4, 0.5) is 5.69 Å². The van der Waals surface area contributed by atoms with E-state index < -0.39 is 0 Å². The third-order valence-electron chi connectivity index (χ3n) is 3.20. The van der Waals surface area contributed by atoms with Crippen LogP contribution in [0.25, 0.3) is 0 Å². The molecule has 0 spiro atoms. The van der Waals surface area contributed by atoms with E-state index in [1.807, 2.05) is 25.1 Å². The zero-order valence-corrected chi connectivity index (χ0v) is 17.3. The Kier molecular flexibility index (Phi) is 9.55. The minimum atomic E-state index is 0. The van der Waals surface area contributed by atoms with Crippen molar-refractivity contribution in [3.05, 3.63) is 40.6 Å². The van der Waals surface area contributed by atoms with Crippen LogP contribution in [0.3, 0.4) is 0 Å². The van der Waals surface area contributed by atoms with Crippen LogP contribution in [-0.2, 0) is 6.42 Å². The summed E-state index contributed by atoms with van der Waals surface area (Å²) in [6.07, 6.45) is 0.945. The molecule has 0 radical (unpaired) electrons. The van der Waals surface area contributed by atoms with Crippen molar-refractivity contribution < 1.29 is 9.47 Å². The molecule has 0 aliphatic rings. The molecule has 0 saturated carbocycles. The second kappa shape index (κ2) is 11.1. The average molecular weight is 461 g/mol. The Bertz CT molecular complexity index is 633. The second-order valence-electron chi connectivity index (χ2n) is 4.78. The number of nitrogens with zero attached hydrogens (tertiary/aromatic N) is 1. The van der Waals surface area contributed by atoms with Gasteiger partial charge in [0, 0.05) is 36.1 Å². The highest BCUT2D eigenvalue weighted by molar-refractivity contribution is 14.0. The maximum absolute atomic E-state index is 5.32. The summed E-state index contributed by atoms with van der Waals surface area (Å²) in [5, 5.41) is 8.63. The van der Waals surface area contributed by atoms with Crippen LogP contribution in [0.5, 0.6) is 11.5 Å². The summed E-state index contributed by atoms with van der Waals surface area (Å²) in [5.41, 5.74) is 0.901. The summed E-state index contributed by atoms with van der Waals surface area (Å²) in [5.74, 6) is 2.15. The number of rotatable bonds is 7. The number of benzene rings is 1. The molecule has 5 nitrogen and oxygen atoms in total. The first-order valence-electron chi connectivity index (χ1n) is 7.56. The number of ether oxygens (including phenoxy) is 2. The third-order valence-corrected chi connectivity index (χ3v) is 4.13. The first-order valence-corrected chi connectivity index (χ1v) is 8.44. The largest absolute Gasteiger partial charge is 0.493 e. The van der Waals surface area contributed by atoms with E-state index >= 15 is 0 Å². The number of thiophene rings is 1. The van der Waals surface area contributed by atoms with E-state index in [9.17, 15) is 0 Å². The summed E-state index contributed by atoms with van der Waals surface area (Å²) in [7, 11) is 3.25. The van der Waals surface area contributed by atoms with Gasteiger partial charge in [0.2, 0.25) is 0 Å². The second-order valence-corrected chi connectivity index (χ2v) is 5.82. The van der Waals surface area contributed by atoms with E-state index in [1.54, 1.807) is 25.6 Å². The molecular formula is C17H24IN3O2S. The van der Waals surface area contributed by atoms with Gasteiger partial charge in [-0.1, -0.05) is 6.07 Å². The lowest BCUT2D eigenvalue weighted by molar-refractivity contribution is 0.355. The molecule has 0 fully saturated rings. The van der Waals surface area contributed by atoms with Gasteiger partial charge in [0.05, 0.1) is 14.2 Å². The highest BCUT2D eigenvalue weighted by Crippen LogP contribution is 2.29. The highest BCUT2D eigenvalue weighted by Gasteiger charge is 2.06. The van der Waals surface area contributed by atoms with Crippen LogP contribution in [0.1, 0.15) is 11.8 Å². The molecule has 0 atom stereocenters. The Labute approximate surface area is 164 Å². The maximum Gasteiger partial charge on any atom is 0.195 e. The standard InChI is InChI=1S/C17H23N3O2S.HI/c1-4-18-17(19-10-9-14-6-5-11-23-14)20-13-7-8-15(21-2)16(12-13)22-3;/h5-8,11-12H,4,9-10H2,1-3H3,(H2,18,19,20);1H. The van der Waals surface area contributed by atoms with Crippen molar-refractivity contribution in [1.29, 1.82) is 0 Å². The Balaban J connectivity index is 0.00000288. The maximum atomic E-state index is 5.32. The van der Waals surface area contributed by atoms with E-state index in [1.165, 1.54) is 4.88 Å². The molecule has 2 N–H and O–H groups in total. The predicted octanol–water partition coefficient (Wildman–Crippen LogP) is 4.00. The Morgan fingerprint density at radius 3 is 2.58 bits per heavy atom. The van der Waals surface area contributed by atoms with Crippen molar-refractivity contribution in [2.24, 2.45) is 4.99 Å². The topological polar surface area (TPSA) is 54.9 Å². The number of nitrogens with one attached hydrogen (secondary N) is 2. The number of halogens is 1. The average Bonchev–Trinajstić information content (AvgIpc) is 3.08. The number of methoxy groups -OCH3 is 2. The molecule has 0 unspecified atom stereocenters. The smallest absolute Gasteiger partial charge is 0.195 e. The molecule has 1 aromatic carbocycles. The fourth-order valence-electron chi connectivity index (χ4n) is 2.09. The van der Waals surface area contributed by atoms with Gasteiger partial charge in [0.15, 0.2) is 17.5 Å². The molecule has 2 aromatic rings. The summed E-state index contributed by atoms with van der Waals surface area (Å²) in [6.45, 7) is 3.59. The summed E-state index contributed by atoms with van der Waals surface area (Å²) >= 11 is 1.76. The molecule has 132 valence electrons. The Hall–Kier alpha value is -1.48. The van der Waals surface area contributed by atoms with Crippen molar-refractivity contribution in [2.75, 3.05) is 32.6 Å². The van der Waals surface area contributed by atoms with Gasteiger partial charge in [-0.2, -0.15) is 0 Å². The number of hydrogen-bond donors (Lipinski definition) is 2. The van der Waals surface area contributed by atoms with Crippen LogP contribution in [0, 0.1) is 0 Å². The summed E-state index contributed by atoms with van der Waals surface area (Å²) < 4.78 is 10.6. The van der Waals surface area contributed by atoms with E-state index in [0.29, 0.717) is 11.5 Å². The minimum absolute atomic E-state index is 0. The number of anilines is 1. The van der Waals surface area contributed by atoms with Gasteiger partial charge < -0.3 is 20.1 Å². The lowest BCUT2D eigenvalue weighted by Gasteiger charge is -2.13. The fourth-order valence-corrected chi connectivity index (χ4v) is 2.79. The third kappa shape index (κ3) is 6.20. The minimum Gasteiger partial charge on any atom is -0.493 e. The van der Waals surface area contributed by atoms with E-state index in [0.717, 1.165) is 31.2 Å². The summed E-state index contributed by atoms with van der Waals surface area (Å²) in [4.78, 5) is 5.95. The first-order chi connectivity index (χ1) is 11.3. The van der Waals surface area contributed by atoms with E-state index in [2.05, 4.69) is 33.1 Å². The van der Waals surface area contributed by atoms with E-state index in [-0.39, 0.29) is 24.0 Å². The predicted molar refractivity (Wildman–Crippen MR) is 113 cm³/mol. The monoisotopic (exact) mass is 461 g/mol. The molecule has 0 saturated heterocycles. The molecule has 7 heteroatoms. The SMILES string of the molecule is CCNC(=NCCc1cccs1)Nc1ccc(OC)c(OC)c1.I. The molecule has 0 bridgehead atoms. The molecule has 24 heavy (non-hydrogen) atoms. The Morgan fingerprint density at radius 2 is 1.96 bits per heavy atom.